The molecule has 0 fully saturated rings. The lowest BCUT2D eigenvalue weighted by molar-refractivity contribution is 0.0674. The predicted molar refractivity (Wildman–Crippen MR) is 96.2 cm³/mol. The summed E-state index contributed by atoms with van der Waals surface area (Å²) in [5, 5.41) is 0. The summed E-state index contributed by atoms with van der Waals surface area (Å²) in [4.78, 5) is 4.47. The first kappa shape index (κ1) is 23.2. The van der Waals surface area contributed by atoms with Gasteiger partial charge in [0.1, 0.15) is 0 Å². The van der Waals surface area contributed by atoms with Gasteiger partial charge >= 0.3 is 17.6 Å². The smallest absolute Gasteiger partial charge is 0.377 e. The summed E-state index contributed by atoms with van der Waals surface area (Å²) in [5.41, 5.74) is 0. The minimum Gasteiger partial charge on any atom is -0.377 e. The SMILES string of the molecule is CCN(CC)C[Si](OC)(OC)O[Si](CN(CC)CC)(OC)OC. The summed E-state index contributed by atoms with van der Waals surface area (Å²) in [5.74, 6) is 0. The van der Waals surface area contributed by atoms with Gasteiger partial charge in [-0.15, -0.1) is 0 Å². The lowest BCUT2D eigenvalue weighted by Crippen LogP contribution is -2.65. The molecule has 0 N–H and O–H groups in total. The van der Waals surface area contributed by atoms with E-state index in [2.05, 4.69) is 37.5 Å². The third-order valence-electron chi connectivity index (χ3n) is 4.18. The molecule has 0 aliphatic rings. The van der Waals surface area contributed by atoms with Gasteiger partial charge in [0.25, 0.3) is 0 Å². The number of hydrogen-bond acceptors (Lipinski definition) is 7. The standard InChI is InChI=1S/C14H36N2O5Si2/c1-9-15(10-2)13-22(17-5,18-6)21-23(19-7,20-8)14-16(11-3)12-4/h9-14H2,1-8H3. The van der Waals surface area contributed by atoms with Crippen molar-refractivity contribution in [2.45, 2.75) is 27.7 Å². The molecule has 0 rings (SSSR count). The van der Waals surface area contributed by atoms with Crippen LogP contribution in [0, 0.1) is 0 Å². The van der Waals surface area contributed by atoms with E-state index in [0.717, 1.165) is 26.2 Å². The molecule has 140 valence electrons. The van der Waals surface area contributed by atoms with E-state index in [0.29, 0.717) is 12.3 Å². The molecule has 9 heteroatoms. The quantitative estimate of drug-likeness (QED) is 0.427. The summed E-state index contributed by atoms with van der Waals surface area (Å²) in [6.45, 7) is 12.1. The van der Waals surface area contributed by atoms with Gasteiger partial charge in [-0.1, -0.05) is 27.7 Å². The highest BCUT2D eigenvalue weighted by molar-refractivity contribution is 6.75. The molecule has 0 saturated carbocycles. The number of nitrogens with zero attached hydrogens (tertiary/aromatic N) is 2. The van der Waals surface area contributed by atoms with Crippen molar-refractivity contribution >= 4 is 17.6 Å². The van der Waals surface area contributed by atoms with Gasteiger partial charge in [0.2, 0.25) is 0 Å². The molecule has 0 unspecified atom stereocenters. The molecule has 0 aromatic rings. The molecule has 0 atom stereocenters. The topological polar surface area (TPSA) is 52.6 Å². The molecular formula is C14H36N2O5Si2. The fourth-order valence-electron chi connectivity index (χ4n) is 2.34. The van der Waals surface area contributed by atoms with Crippen molar-refractivity contribution in [2.75, 3.05) is 67.0 Å². The minimum atomic E-state index is -2.91. The Balaban J connectivity index is 5.36. The van der Waals surface area contributed by atoms with Crippen LogP contribution in [0.5, 0.6) is 0 Å². The van der Waals surface area contributed by atoms with Crippen LogP contribution >= 0.6 is 0 Å². The van der Waals surface area contributed by atoms with E-state index >= 15 is 0 Å². The lowest BCUT2D eigenvalue weighted by Gasteiger charge is -2.39. The predicted octanol–water partition coefficient (Wildman–Crippen LogP) is 1.23. The molecule has 0 saturated heterocycles. The Bertz CT molecular complexity index is 269. The Morgan fingerprint density at radius 2 is 0.826 bits per heavy atom. The van der Waals surface area contributed by atoms with Gasteiger partial charge in [-0.05, 0) is 26.2 Å². The van der Waals surface area contributed by atoms with Gasteiger partial charge < -0.3 is 21.8 Å². The van der Waals surface area contributed by atoms with Gasteiger partial charge in [0, 0.05) is 28.4 Å². The van der Waals surface area contributed by atoms with Crippen LogP contribution in [0.15, 0.2) is 0 Å². The van der Waals surface area contributed by atoms with Crippen molar-refractivity contribution in [1.82, 2.24) is 9.80 Å². The van der Waals surface area contributed by atoms with Crippen molar-refractivity contribution in [1.29, 1.82) is 0 Å². The summed E-state index contributed by atoms with van der Waals surface area (Å²) >= 11 is 0. The Hall–Kier alpha value is 0.154. The molecular weight excluding hydrogens is 332 g/mol. The molecule has 0 aromatic carbocycles. The van der Waals surface area contributed by atoms with Gasteiger partial charge in [-0.3, -0.25) is 9.80 Å². The van der Waals surface area contributed by atoms with E-state index in [1.807, 2.05) is 0 Å². The number of hydrogen-bond donors (Lipinski definition) is 0. The molecule has 0 aliphatic heterocycles. The van der Waals surface area contributed by atoms with Crippen molar-refractivity contribution in [2.24, 2.45) is 0 Å². The molecule has 0 radical (unpaired) electrons. The van der Waals surface area contributed by atoms with Crippen LogP contribution in [-0.4, -0.2) is 94.4 Å². The highest BCUT2D eigenvalue weighted by atomic mass is 28.5. The molecule has 7 nitrogen and oxygen atoms in total. The molecule has 0 bridgehead atoms. The minimum absolute atomic E-state index is 0.618. The van der Waals surface area contributed by atoms with Crippen LogP contribution in [-0.2, 0) is 21.8 Å². The Morgan fingerprint density at radius 3 is 1.00 bits per heavy atom. The van der Waals surface area contributed by atoms with E-state index in [9.17, 15) is 0 Å². The first-order valence-corrected chi connectivity index (χ1v) is 12.2. The normalized spacial score (nSPS) is 13.3. The average Bonchev–Trinajstić information content (AvgIpc) is 2.62. The maximum Gasteiger partial charge on any atom is 0.507 e. The van der Waals surface area contributed by atoms with Crippen LogP contribution < -0.4 is 0 Å². The zero-order chi connectivity index (χ0) is 17.9. The van der Waals surface area contributed by atoms with E-state index < -0.39 is 17.6 Å². The first-order valence-electron chi connectivity index (χ1n) is 8.29. The van der Waals surface area contributed by atoms with Crippen molar-refractivity contribution in [3.63, 3.8) is 0 Å². The van der Waals surface area contributed by atoms with E-state index in [4.69, 9.17) is 21.8 Å². The highest BCUT2D eigenvalue weighted by Crippen LogP contribution is 2.20. The largest absolute Gasteiger partial charge is 0.507 e. The molecule has 0 aromatic heterocycles. The van der Waals surface area contributed by atoms with Crippen LogP contribution in [0.25, 0.3) is 0 Å². The van der Waals surface area contributed by atoms with Crippen LogP contribution in [0.3, 0.4) is 0 Å². The third-order valence-corrected chi connectivity index (χ3v) is 10.8. The van der Waals surface area contributed by atoms with Gasteiger partial charge in [-0.2, -0.15) is 0 Å². The highest BCUT2D eigenvalue weighted by Gasteiger charge is 2.53. The van der Waals surface area contributed by atoms with E-state index in [1.165, 1.54) is 0 Å². The summed E-state index contributed by atoms with van der Waals surface area (Å²) < 4.78 is 29.3. The zero-order valence-corrected chi connectivity index (χ0v) is 18.2. The molecule has 0 heterocycles. The third kappa shape index (κ3) is 6.88. The Morgan fingerprint density at radius 1 is 0.565 bits per heavy atom. The maximum atomic E-state index is 6.40. The Kier molecular flexibility index (Phi) is 11.7. The van der Waals surface area contributed by atoms with Gasteiger partial charge in [0.05, 0.1) is 12.3 Å². The second-order valence-electron chi connectivity index (χ2n) is 5.21. The van der Waals surface area contributed by atoms with E-state index in [1.54, 1.807) is 28.4 Å². The second-order valence-corrected chi connectivity index (χ2v) is 11.0. The molecule has 0 spiro atoms. The summed E-state index contributed by atoms with van der Waals surface area (Å²) in [7, 11) is 0.746. The monoisotopic (exact) mass is 368 g/mol. The van der Waals surface area contributed by atoms with E-state index in [-0.39, 0.29) is 0 Å². The van der Waals surface area contributed by atoms with Gasteiger partial charge in [-0.25, -0.2) is 0 Å². The fourth-order valence-corrected chi connectivity index (χ4v) is 8.92. The maximum absolute atomic E-state index is 6.40. The lowest BCUT2D eigenvalue weighted by atomic mass is 10.6. The zero-order valence-electron chi connectivity index (χ0n) is 16.2. The van der Waals surface area contributed by atoms with Crippen LogP contribution in [0.1, 0.15) is 27.7 Å². The second kappa shape index (κ2) is 11.7. The summed E-state index contributed by atoms with van der Waals surface area (Å²) in [6.07, 6.45) is 1.24. The molecule has 0 aliphatic carbocycles. The first-order chi connectivity index (χ1) is 10.9. The average molecular weight is 369 g/mol. The van der Waals surface area contributed by atoms with Crippen molar-refractivity contribution in [3.8, 4) is 0 Å². The molecule has 0 amide bonds. The van der Waals surface area contributed by atoms with Gasteiger partial charge in [0.15, 0.2) is 0 Å². The fraction of sp³-hybridized carbons (Fsp3) is 1.00. The summed E-state index contributed by atoms with van der Waals surface area (Å²) in [6, 6.07) is 0. The van der Waals surface area contributed by atoms with Crippen LogP contribution in [0.4, 0.5) is 0 Å². The Labute approximate surface area is 144 Å². The van der Waals surface area contributed by atoms with Crippen LogP contribution in [0.2, 0.25) is 0 Å². The van der Waals surface area contributed by atoms with Crippen molar-refractivity contribution < 1.29 is 21.8 Å². The van der Waals surface area contributed by atoms with Crippen molar-refractivity contribution in [3.05, 3.63) is 0 Å². The number of rotatable bonds is 14. The molecule has 23 heavy (non-hydrogen) atoms.